The third-order valence-corrected chi connectivity index (χ3v) is 4.41. The smallest absolute Gasteiger partial charge is 0.313 e. The molecule has 0 aliphatic rings. The molecule has 20 heavy (non-hydrogen) atoms. The number of hydrogen-bond acceptors (Lipinski definition) is 5. The predicted octanol–water partition coefficient (Wildman–Crippen LogP) is 1.75. The molecule has 1 unspecified atom stereocenters. The zero-order chi connectivity index (χ0) is 15.1. The second kappa shape index (κ2) is 8.26. The molecule has 0 aromatic carbocycles. The zero-order valence-corrected chi connectivity index (χ0v) is 13.5. The summed E-state index contributed by atoms with van der Waals surface area (Å²) in [5.41, 5.74) is 0. The van der Waals surface area contributed by atoms with E-state index in [0.717, 1.165) is 31.8 Å². The van der Waals surface area contributed by atoms with Crippen molar-refractivity contribution in [2.45, 2.75) is 51.4 Å². The van der Waals surface area contributed by atoms with Crippen molar-refractivity contribution in [3.63, 3.8) is 0 Å². The highest BCUT2D eigenvalue weighted by Crippen LogP contribution is 2.17. The minimum absolute atomic E-state index is 0.0169. The molecule has 0 fully saturated rings. The summed E-state index contributed by atoms with van der Waals surface area (Å²) in [4.78, 5) is 13.0. The molecule has 1 N–H and O–H groups in total. The maximum Gasteiger partial charge on any atom is 0.313 e. The Bertz CT molecular complexity index is 436. The Balaban J connectivity index is 2.70. The van der Waals surface area contributed by atoms with Crippen LogP contribution in [0.4, 0.5) is 0 Å². The number of thioether (sulfide) groups is 1. The summed E-state index contributed by atoms with van der Waals surface area (Å²) in [6.07, 6.45) is 1.91. The van der Waals surface area contributed by atoms with Crippen molar-refractivity contribution in [2.75, 3.05) is 19.3 Å². The Hall–Kier alpha value is -1.08. The number of hydrogen-bond donors (Lipinski definition) is 1. The van der Waals surface area contributed by atoms with Crippen LogP contribution >= 0.6 is 11.8 Å². The van der Waals surface area contributed by atoms with E-state index in [2.05, 4.69) is 36.0 Å². The monoisotopic (exact) mass is 300 g/mol. The first kappa shape index (κ1) is 17.0. The van der Waals surface area contributed by atoms with Crippen molar-refractivity contribution in [2.24, 2.45) is 0 Å². The van der Waals surface area contributed by atoms with Gasteiger partial charge in [0.1, 0.15) is 5.82 Å². The van der Waals surface area contributed by atoms with E-state index in [9.17, 15) is 4.79 Å². The van der Waals surface area contributed by atoms with Crippen LogP contribution in [0.1, 0.15) is 33.0 Å². The Morgan fingerprint density at radius 3 is 2.70 bits per heavy atom. The number of carbonyl (C=O) groups is 1. The molecule has 1 atom stereocenters. The van der Waals surface area contributed by atoms with Gasteiger partial charge in [-0.15, -0.1) is 10.2 Å². The molecule has 7 heteroatoms. The van der Waals surface area contributed by atoms with Gasteiger partial charge in [0.05, 0.1) is 5.75 Å². The third kappa shape index (κ3) is 4.79. The summed E-state index contributed by atoms with van der Waals surface area (Å²) in [6.45, 7) is 8.10. The second-order valence-corrected chi connectivity index (χ2v) is 5.77. The first-order valence-corrected chi connectivity index (χ1v) is 7.95. The quantitative estimate of drug-likeness (QED) is 0.701. The highest BCUT2D eigenvalue weighted by atomic mass is 32.2. The van der Waals surface area contributed by atoms with Crippen LogP contribution in [-0.4, -0.2) is 56.1 Å². The van der Waals surface area contributed by atoms with Crippen LogP contribution in [0.25, 0.3) is 0 Å². The summed E-state index contributed by atoms with van der Waals surface area (Å²) in [6, 6.07) is 0.534. The van der Waals surface area contributed by atoms with E-state index in [0.29, 0.717) is 11.2 Å². The van der Waals surface area contributed by atoms with E-state index >= 15 is 0 Å². The fraction of sp³-hybridized carbons (Fsp3) is 0.769. The highest BCUT2D eigenvalue weighted by Gasteiger charge is 2.14. The first-order valence-electron chi connectivity index (χ1n) is 6.96. The summed E-state index contributed by atoms with van der Waals surface area (Å²) in [7, 11) is 2.11. The van der Waals surface area contributed by atoms with Gasteiger partial charge in [0.2, 0.25) is 0 Å². The molecule has 0 spiro atoms. The average molecular weight is 300 g/mol. The first-order chi connectivity index (χ1) is 9.49. The van der Waals surface area contributed by atoms with Gasteiger partial charge in [-0.2, -0.15) is 0 Å². The van der Waals surface area contributed by atoms with Crippen LogP contribution in [0, 0.1) is 0 Å². The number of aryl methyl sites for hydroxylation is 1. The number of carboxylic acid groups (broad SMARTS) is 1. The molecule has 1 aromatic heterocycles. The fourth-order valence-electron chi connectivity index (χ4n) is 1.83. The predicted molar refractivity (Wildman–Crippen MR) is 80.1 cm³/mol. The molecule has 0 amide bonds. The molecule has 114 valence electrons. The molecule has 0 aliphatic carbocycles. The molecule has 0 radical (unpaired) electrons. The van der Waals surface area contributed by atoms with Gasteiger partial charge in [-0.25, -0.2) is 0 Å². The van der Waals surface area contributed by atoms with E-state index in [1.807, 2.05) is 11.5 Å². The van der Waals surface area contributed by atoms with E-state index in [1.54, 1.807) is 0 Å². The van der Waals surface area contributed by atoms with Crippen LogP contribution in [0.2, 0.25) is 0 Å². The largest absolute Gasteiger partial charge is 0.481 e. The standard InChI is InChI=1S/C13H24N4O2S/c1-5-10(3)16(4)7-8-17-11(6-2)14-15-13(17)20-9-12(18)19/h10H,5-9H2,1-4H3,(H,18,19). The highest BCUT2D eigenvalue weighted by molar-refractivity contribution is 7.99. The molecule has 1 aromatic rings. The SMILES string of the molecule is CCc1nnc(SCC(=O)O)n1CCN(C)C(C)CC. The van der Waals surface area contributed by atoms with Gasteiger partial charge in [0.25, 0.3) is 0 Å². The van der Waals surface area contributed by atoms with Crippen LogP contribution in [-0.2, 0) is 17.8 Å². The van der Waals surface area contributed by atoms with Gasteiger partial charge in [0, 0.05) is 25.6 Å². The zero-order valence-electron chi connectivity index (χ0n) is 12.7. The second-order valence-electron chi connectivity index (χ2n) is 4.82. The lowest BCUT2D eigenvalue weighted by molar-refractivity contribution is -0.133. The Morgan fingerprint density at radius 2 is 2.15 bits per heavy atom. The number of aliphatic carboxylic acids is 1. The minimum atomic E-state index is -0.834. The molecule has 6 nitrogen and oxygen atoms in total. The summed E-state index contributed by atoms with van der Waals surface area (Å²) in [5, 5.41) is 17.7. The van der Waals surface area contributed by atoms with Crippen molar-refractivity contribution < 1.29 is 9.90 Å². The van der Waals surface area contributed by atoms with E-state index in [1.165, 1.54) is 11.8 Å². The summed E-state index contributed by atoms with van der Waals surface area (Å²) < 4.78 is 2.03. The molecule has 1 heterocycles. The van der Waals surface area contributed by atoms with Gasteiger partial charge in [0.15, 0.2) is 5.16 Å². The van der Waals surface area contributed by atoms with Crippen LogP contribution in [0.3, 0.4) is 0 Å². The third-order valence-electron chi connectivity index (χ3n) is 3.45. The Labute approximate surface area is 124 Å². The Morgan fingerprint density at radius 1 is 1.45 bits per heavy atom. The van der Waals surface area contributed by atoms with Crippen LogP contribution in [0.15, 0.2) is 5.16 Å². The molecule has 0 bridgehead atoms. The summed E-state index contributed by atoms with van der Waals surface area (Å²) >= 11 is 1.23. The molecular formula is C13H24N4O2S. The lowest BCUT2D eigenvalue weighted by Crippen LogP contribution is -2.31. The Kier molecular flexibility index (Phi) is 7.01. The molecular weight excluding hydrogens is 276 g/mol. The molecule has 0 saturated carbocycles. The van der Waals surface area contributed by atoms with E-state index in [4.69, 9.17) is 5.11 Å². The van der Waals surface area contributed by atoms with Gasteiger partial charge >= 0.3 is 5.97 Å². The van der Waals surface area contributed by atoms with Gasteiger partial charge in [-0.05, 0) is 20.4 Å². The van der Waals surface area contributed by atoms with Gasteiger partial charge in [-0.1, -0.05) is 25.6 Å². The number of likely N-dealkylation sites (N-methyl/N-ethyl adjacent to an activating group) is 1. The van der Waals surface area contributed by atoms with Crippen molar-refractivity contribution in [3.8, 4) is 0 Å². The lowest BCUT2D eigenvalue weighted by atomic mass is 10.2. The minimum Gasteiger partial charge on any atom is -0.481 e. The van der Waals surface area contributed by atoms with E-state index in [-0.39, 0.29) is 5.75 Å². The number of carboxylic acids is 1. The van der Waals surface area contributed by atoms with Crippen LogP contribution in [0.5, 0.6) is 0 Å². The molecule has 1 rings (SSSR count). The lowest BCUT2D eigenvalue weighted by Gasteiger charge is -2.24. The molecule has 0 aliphatic heterocycles. The fourth-order valence-corrected chi connectivity index (χ4v) is 2.53. The van der Waals surface area contributed by atoms with Crippen molar-refractivity contribution in [1.29, 1.82) is 0 Å². The maximum absolute atomic E-state index is 10.7. The van der Waals surface area contributed by atoms with Gasteiger partial charge in [-0.3, -0.25) is 4.79 Å². The summed E-state index contributed by atoms with van der Waals surface area (Å²) in [5.74, 6) is 0.0954. The van der Waals surface area contributed by atoms with Gasteiger partial charge < -0.3 is 14.6 Å². The number of aromatic nitrogens is 3. The number of nitrogens with zero attached hydrogens (tertiary/aromatic N) is 4. The normalized spacial score (nSPS) is 12.8. The van der Waals surface area contributed by atoms with Crippen molar-refractivity contribution in [3.05, 3.63) is 5.82 Å². The average Bonchev–Trinajstić information content (AvgIpc) is 2.83. The maximum atomic E-state index is 10.7. The van der Waals surface area contributed by atoms with Crippen molar-refractivity contribution >= 4 is 17.7 Å². The van der Waals surface area contributed by atoms with Crippen LogP contribution < -0.4 is 0 Å². The van der Waals surface area contributed by atoms with Crippen molar-refractivity contribution in [1.82, 2.24) is 19.7 Å². The van der Waals surface area contributed by atoms with E-state index < -0.39 is 5.97 Å². The topological polar surface area (TPSA) is 71.2 Å². The number of rotatable bonds is 9. The molecule has 0 saturated heterocycles.